The van der Waals surface area contributed by atoms with Gasteiger partial charge in [-0.05, 0) is 31.0 Å². The molecule has 7 heteroatoms. The van der Waals surface area contributed by atoms with Crippen LogP contribution in [0.1, 0.15) is 25.8 Å². The number of hydrogen-bond acceptors (Lipinski definition) is 3. The molecule has 0 bridgehead atoms. The standard InChI is InChI=1S/C20H34N4OS.HI/c1-4-23(5-2)15-19-11-13-24(16-19)20(21-3)22-12-14-26(25)17-18-9-7-6-8-10-18;/h6-10,19H,4-5,11-17H2,1-3H3,(H,21,22);1H. The Bertz CT molecular complexity index is 581. The van der Waals surface area contributed by atoms with E-state index in [-0.39, 0.29) is 24.0 Å². The summed E-state index contributed by atoms with van der Waals surface area (Å²) in [6, 6.07) is 10.0. The monoisotopic (exact) mass is 506 g/mol. The minimum atomic E-state index is -0.851. The Morgan fingerprint density at radius 1 is 1.30 bits per heavy atom. The van der Waals surface area contributed by atoms with Crippen molar-refractivity contribution in [3.63, 3.8) is 0 Å². The molecule has 0 spiro atoms. The van der Waals surface area contributed by atoms with Crippen molar-refractivity contribution in [2.45, 2.75) is 26.0 Å². The van der Waals surface area contributed by atoms with Crippen LogP contribution < -0.4 is 5.32 Å². The van der Waals surface area contributed by atoms with Crippen molar-refractivity contribution in [3.8, 4) is 0 Å². The molecule has 1 saturated heterocycles. The van der Waals surface area contributed by atoms with Gasteiger partial charge in [-0.3, -0.25) is 9.20 Å². The number of likely N-dealkylation sites (tertiary alicyclic amines) is 1. The molecule has 5 nitrogen and oxygen atoms in total. The van der Waals surface area contributed by atoms with Crippen LogP contribution in [0.2, 0.25) is 0 Å². The maximum absolute atomic E-state index is 12.3. The first-order valence-electron chi connectivity index (χ1n) is 9.73. The number of halogens is 1. The molecule has 1 N–H and O–H groups in total. The zero-order chi connectivity index (χ0) is 18.8. The van der Waals surface area contributed by atoms with Crippen molar-refractivity contribution in [2.24, 2.45) is 10.9 Å². The zero-order valence-corrected chi connectivity index (χ0v) is 20.0. The zero-order valence-electron chi connectivity index (χ0n) is 16.9. The molecule has 1 fully saturated rings. The van der Waals surface area contributed by atoms with Crippen LogP contribution in [-0.4, -0.2) is 72.0 Å². The molecule has 154 valence electrons. The Hall–Kier alpha value is -0.670. The fourth-order valence-electron chi connectivity index (χ4n) is 3.46. The third kappa shape index (κ3) is 8.48. The largest absolute Gasteiger partial charge is 0.355 e. The lowest BCUT2D eigenvalue weighted by Crippen LogP contribution is -2.42. The minimum Gasteiger partial charge on any atom is -0.355 e. The van der Waals surface area contributed by atoms with E-state index >= 15 is 0 Å². The summed E-state index contributed by atoms with van der Waals surface area (Å²) in [6.45, 7) is 10.7. The molecule has 0 amide bonds. The van der Waals surface area contributed by atoms with Gasteiger partial charge in [0.15, 0.2) is 5.96 Å². The van der Waals surface area contributed by atoms with Gasteiger partial charge < -0.3 is 15.1 Å². The van der Waals surface area contributed by atoms with Crippen LogP contribution in [0.15, 0.2) is 35.3 Å². The van der Waals surface area contributed by atoms with Crippen molar-refractivity contribution in [2.75, 3.05) is 52.1 Å². The Balaban J connectivity index is 0.00000364. The Labute approximate surface area is 184 Å². The van der Waals surface area contributed by atoms with E-state index in [1.165, 1.54) is 13.0 Å². The van der Waals surface area contributed by atoms with E-state index in [0.29, 0.717) is 24.0 Å². The van der Waals surface area contributed by atoms with Gasteiger partial charge in [0.2, 0.25) is 0 Å². The lowest BCUT2D eigenvalue weighted by molar-refractivity contribution is 0.255. The molecule has 0 radical (unpaired) electrons. The van der Waals surface area contributed by atoms with Crippen molar-refractivity contribution < 1.29 is 4.21 Å². The molecule has 0 saturated carbocycles. The molecule has 1 aliphatic heterocycles. The first-order valence-corrected chi connectivity index (χ1v) is 11.2. The SMILES string of the molecule is CCN(CC)CC1CCN(C(=NC)NCCS(=O)Cc2ccccc2)C1.I. The third-order valence-electron chi connectivity index (χ3n) is 4.99. The van der Waals surface area contributed by atoms with Crippen LogP contribution in [0.25, 0.3) is 0 Å². The Morgan fingerprint density at radius 3 is 2.63 bits per heavy atom. The van der Waals surface area contributed by atoms with Crippen molar-refractivity contribution in [1.29, 1.82) is 0 Å². The van der Waals surface area contributed by atoms with E-state index < -0.39 is 10.8 Å². The maximum atomic E-state index is 12.3. The number of nitrogens with zero attached hydrogens (tertiary/aromatic N) is 3. The van der Waals surface area contributed by atoms with Gasteiger partial charge in [-0.15, -0.1) is 24.0 Å². The van der Waals surface area contributed by atoms with Crippen LogP contribution >= 0.6 is 24.0 Å². The first kappa shape index (κ1) is 24.4. The molecule has 0 aliphatic carbocycles. The fourth-order valence-corrected chi connectivity index (χ4v) is 4.50. The normalized spacial score (nSPS) is 18.4. The summed E-state index contributed by atoms with van der Waals surface area (Å²) >= 11 is 0. The predicted octanol–water partition coefficient (Wildman–Crippen LogP) is 2.79. The van der Waals surface area contributed by atoms with E-state index in [0.717, 1.165) is 37.7 Å². The summed E-state index contributed by atoms with van der Waals surface area (Å²) in [5.41, 5.74) is 1.13. The van der Waals surface area contributed by atoms with Crippen molar-refractivity contribution in [3.05, 3.63) is 35.9 Å². The second kappa shape index (κ2) is 13.5. The smallest absolute Gasteiger partial charge is 0.193 e. The first-order chi connectivity index (χ1) is 12.7. The topological polar surface area (TPSA) is 47.9 Å². The van der Waals surface area contributed by atoms with Gasteiger partial charge in [-0.25, -0.2) is 0 Å². The van der Waals surface area contributed by atoms with Crippen LogP contribution in [0, 0.1) is 5.92 Å². The summed E-state index contributed by atoms with van der Waals surface area (Å²) in [5.74, 6) is 2.92. The molecule has 2 atom stereocenters. The fraction of sp³-hybridized carbons (Fsp3) is 0.650. The maximum Gasteiger partial charge on any atom is 0.193 e. The molecule has 1 heterocycles. The highest BCUT2D eigenvalue weighted by atomic mass is 127. The number of aliphatic imine (C=N–C) groups is 1. The predicted molar refractivity (Wildman–Crippen MR) is 127 cm³/mol. The molecule has 1 aromatic rings. The van der Waals surface area contributed by atoms with Crippen LogP contribution in [0.5, 0.6) is 0 Å². The summed E-state index contributed by atoms with van der Waals surface area (Å²) < 4.78 is 12.3. The quantitative estimate of drug-likeness (QED) is 0.318. The van der Waals surface area contributed by atoms with Crippen LogP contribution in [0.3, 0.4) is 0 Å². The summed E-state index contributed by atoms with van der Waals surface area (Å²) in [4.78, 5) is 9.26. The van der Waals surface area contributed by atoms with Gasteiger partial charge in [0.05, 0.1) is 0 Å². The van der Waals surface area contributed by atoms with Gasteiger partial charge in [0.25, 0.3) is 0 Å². The van der Waals surface area contributed by atoms with E-state index in [2.05, 4.69) is 34.0 Å². The van der Waals surface area contributed by atoms with Crippen molar-refractivity contribution in [1.82, 2.24) is 15.1 Å². The highest BCUT2D eigenvalue weighted by Gasteiger charge is 2.25. The third-order valence-corrected chi connectivity index (χ3v) is 6.31. The van der Waals surface area contributed by atoms with Gasteiger partial charge in [-0.1, -0.05) is 44.2 Å². The minimum absolute atomic E-state index is 0. The lowest BCUT2D eigenvalue weighted by Gasteiger charge is -2.24. The van der Waals surface area contributed by atoms with Gasteiger partial charge in [0, 0.05) is 55.5 Å². The summed E-state index contributed by atoms with van der Waals surface area (Å²) in [6.07, 6.45) is 1.22. The van der Waals surface area contributed by atoms with Gasteiger partial charge in [-0.2, -0.15) is 0 Å². The molecule has 2 rings (SSSR count). The summed E-state index contributed by atoms with van der Waals surface area (Å²) in [7, 11) is 0.983. The highest BCUT2D eigenvalue weighted by molar-refractivity contribution is 14.0. The molecule has 27 heavy (non-hydrogen) atoms. The average Bonchev–Trinajstić information content (AvgIpc) is 3.12. The molecule has 2 unspecified atom stereocenters. The van der Waals surface area contributed by atoms with E-state index in [4.69, 9.17) is 0 Å². The number of guanidine groups is 1. The second-order valence-electron chi connectivity index (χ2n) is 6.83. The number of benzene rings is 1. The van der Waals surface area contributed by atoms with Crippen molar-refractivity contribution >= 4 is 40.7 Å². The van der Waals surface area contributed by atoms with Gasteiger partial charge in [0.1, 0.15) is 0 Å². The van der Waals surface area contributed by atoms with Crippen LogP contribution in [-0.2, 0) is 16.6 Å². The highest BCUT2D eigenvalue weighted by Crippen LogP contribution is 2.17. The van der Waals surface area contributed by atoms with E-state index in [1.54, 1.807) is 0 Å². The Morgan fingerprint density at radius 2 is 2.00 bits per heavy atom. The average molecular weight is 506 g/mol. The van der Waals surface area contributed by atoms with E-state index in [1.807, 2.05) is 37.4 Å². The van der Waals surface area contributed by atoms with E-state index in [9.17, 15) is 4.21 Å². The molecular formula is C20H35IN4OS. The number of hydrogen-bond donors (Lipinski definition) is 1. The second-order valence-corrected chi connectivity index (χ2v) is 8.41. The lowest BCUT2D eigenvalue weighted by atomic mass is 10.1. The number of nitrogens with one attached hydrogen (secondary N) is 1. The molecular weight excluding hydrogens is 471 g/mol. The molecule has 1 aromatic carbocycles. The van der Waals surface area contributed by atoms with Crippen LogP contribution in [0.4, 0.5) is 0 Å². The Kier molecular flexibility index (Phi) is 12.2. The van der Waals surface area contributed by atoms with Gasteiger partial charge >= 0.3 is 0 Å². The molecule has 0 aromatic heterocycles. The molecule has 1 aliphatic rings. The number of rotatable bonds is 9. The summed E-state index contributed by atoms with van der Waals surface area (Å²) in [5, 5.41) is 3.40.